The zero-order valence-corrected chi connectivity index (χ0v) is 10.3. The van der Waals surface area contributed by atoms with Gasteiger partial charge in [-0.05, 0) is 43.9 Å². The fraction of sp³-hybridized carbons (Fsp3) is 0.846. The molecule has 1 heterocycles. The molecule has 5 atom stereocenters. The van der Waals surface area contributed by atoms with Crippen LogP contribution in [0, 0.1) is 11.8 Å². The lowest BCUT2D eigenvalue weighted by Gasteiger charge is -2.24. The highest BCUT2D eigenvalue weighted by molar-refractivity contribution is 5.82. The largest absolute Gasteiger partial charge is 0.479 e. The average molecular weight is 253 g/mol. The van der Waals surface area contributed by atoms with E-state index in [2.05, 4.69) is 5.32 Å². The lowest BCUT2D eigenvalue weighted by molar-refractivity contribution is -0.152. The van der Waals surface area contributed by atoms with Gasteiger partial charge in [0.1, 0.15) is 6.10 Å². The summed E-state index contributed by atoms with van der Waals surface area (Å²) in [5.74, 6) is 0.341. The van der Waals surface area contributed by atoms with Crippen molar-refractivity contribution in [2.75, 3.05) is 0 Å². The highest BCUT2D eigenvalue weighted by atomic mass is 16.5. The van der Waals surface area contributed by atoms with Crippen LogP contribution in [-0.4, -0.2) is 35.2 Å². The van der Waals surface area contributed by atoms with Crippen molar-refractivity contribution in [3.05, 3.63) is 0 Å². The number of carbonyl (C=O) groups excluding carboxylic acids is 1. The van der Waals surface area contributed by atoms with Gasteiger partial charge >= 0.3 is 5.97 Å². The minimum absolute atomic E-state index is 0.115. The molecule has 2 bridgehead atoms. The summed E-state index contributed by atoms with van der Waals surface area (Å²) in [6.07, 6.45) is 4.44. The number of ether oxygens (including phenoxy) is 1. The Morgan fingerprint density at radius 3 is 2.39 bits per heavy atom. The molecule has 2 aliphatic carbocycles. The first-order valence-corrected chi connectivity index (χ1v) is 6.82. The van der Waals surface area contributed by atoms with Crippen LogP contribution >= 0.6 is 0 Å². The third-order valence-corrected chi connectivity index (χ3v) is 4.65. The summed E-state index contributed by atoms with van der Waals surface area (Å²) < 4.78 is 5.26. The number of carboxylic acid groups (broad SMARTS) is 1. The summed E-state index contributed by atoms with van der Waals surface area (Å²) in [4.78, 5) is 22.8. The third kappa shape index (κ3) is 2.11. The van der Waals surface area contributed by atoms with Crippen molar-refractivity contribution in [1.29, 1.82) is 0 Å². The van der Waals surface area contributed by atoms with Crippen LogP contribution in [0.5, 0.6) is 0 Å². The Kier molecular flexibility index (Phi) is 3.01. The smallest absolute Gasteiger partial charge is 0.332 e. The first-order valence-electron chi connectivity index (χ1n) is 6.82. The van der Waals surface area contributed by atoms with E-state index in [-0.39, 0.29) is 5.91 Å². The van der Waals surface area contributed by atoms with Crippen LogP contribution < -0.4 is 5.32 Å². The molecule has 1 saturated heterocycles. The molecule has 3 fully saturated rings. The number of rotatable bonds is 3. The highest BCUT2D eigenvalue weighted by Gasteiger charge is 2.42. The predicted molar refractivity (Wildman–Crippen MR) is 62.9 cm³/mol. The molecule has 3 aliphatic rings. The van der Waals surface area contributed by atoms with Crippen molar-refractivity contribution >= 4 is 11.9 Å². The minimum atomic E-state index is -0.967. The summed E-state index contributed by atoms with van der Waals surface area (Å²) in [6.45, 7) is 0. The number of aliphatic carboxylic acids is 1. The van der Waals surface area contributed by atoms with Crippen LogP contribution in [0.4, 0.5) is 0 Å². The van der Waals surface area contributed by atoms with Crippen molar-refractivity contribution in [2.45, 2.75) is 56.8 Å². The van der Waals surface area contributed by atoms with E-state index in [0.29, 0.717) is 24.8 Å². The molecule has 0 aromatic rings. The quantitative estimate of drug-likeness (QED) is 0.784. The van der Waals surface area contributed by atoms with Gasteiger partial charge in [0.25, 0.3) is 0 Å². The number of amides is 1. The Morgan fingerprint density at radius 1 is 1.06 bits per heavy atom. The van der Waals surface area contributed by atoms with Crippen LogP contribution in [-0.2, 0) is 14.3 Å². The maximum absolute atomic E-state index is 12.0. The second kappa shape index (κ2) is 4.53. The number of carboxylic acids is 1. The van der Waals surface area contributed by atoms with E-state index >= 15 is 0 Å². The fourth-order valence-corrected chi connectivity index (χ4v) is 3.71. The predicted octanol–water partition coefficient (Wildman–Crippen LogP) is 0.923. The Balaban J connectivity index is 1.52. The van der Waals surface area contributed by atoms with Gasteiger partial charge in [0, 0.05) is 6.04 Å². The van der Waals surface area contributed by atoms with Gasteiger partial charge in [-0.2, -0.15) is 0 Å². The Bertz CT molecular complexity index is 370. The van der Waals surface area contributed by atoms with Crippen molar-refractivity contribution in [1.82, 2.24) is 5.32 Å². The SMILES string of the molecule is O=C(NC1CC2CCC1C2)[C@@H]1CC[C@H](C(=O)O)O1. The molecule has 5 heteroatoms. The van der Waals surface area contributed by atoms with Gasteiger partial charge in [-0.15, -0.1) is 0 Å². The van der Waals surface area contributed by atoms with E-state index in [4.69, 9.17) is 9.84 Å². The second-order valence-corrected chi connectivity index (χ2v) is 5.82. The molecule has 2 N–H and O–H groups in total. The Labute approximate surface area is 106 Å². The number of hydrogen-bond acceptors (Lipinski definition) is 3. The molecule has 1 amide bonds. The fourth-order valence-electron chi connectivity index (χ4n) is 3.71. The van der Waals surface area contributed by atoms with Gasteiger partial charge in [0.05, 0.1) is 0 Å². The van der Waals surface area contributed by atoms with Crippen molar-refractivity contribution < 1.29 is 19.4 Å². The van der Waals surface area contributed by atoms with E-state index in [1.807, 2.05) is 0 Å². The van der Waals surface area contributed by atoms with Crippen LogP contribution in [0.25, 0.3) is 0 Å². The van der Waals surface area contributed by atoms with E-state index in [1.54, 1.807) is 0 Å². The molecule has 0 aromatic heterocycles. The molecular formula is C13H19NO4. The lowest BCUT2D eigenvalue weighted by Crippen LogP contribution is -2.44. The number of fused-ring (bicyclic) bond motifs is 2. The van der Waals surface area contributed by atoms with E-state index in [0.717, 1.165) is 12.3 Å². The van der Waals surface area contributed by atoms with E-state index < -0.39 is 18.2 Å². The standard InChI is InChI=1S/C13H19NO4/c15-12(10-3-4-11(18-10)13(16)17)14-9-6-7-1-2-8(9)5-7/h7-11H,1-6H2,(H,14,15)(H,16,17)/t7?,8?,9?,10-,11+/m0/s1. The normalized spacial score (nSPS) is 42.1. The molecule has 3 rings (SSSR count). The Hall–Kier alpha value is -1.10. The molecule has 3 unspecified atom stereocenters. The number of hydrogen-bond donors (Lipinski definition) is 2. The highest BCUT2D eigenvalue weighted by Crippen LogP contribution is 2.44. The molecule has 0 spiro atoms. The zero-order valence-electron chi connectivity index (χ0n) is 10.3. The van der Waals surface area contributed by atoms with E-state index in [9.17, 15) is 9.59 Å². The third-order valence-electron chi connectivity index (χ3n) is 4.65. The van der Waals surface area contributed by atoms with Crippen molar-refractivity contribution in [2.24, 2.45) is 11.8 Å². The molecule has 0 aromatic carbocycles. The van der Waals surface area contributed by atoms with Gasteiger partial charge in [-0.3, -0.25) is 4.79 Å². The monoisotopic (exact) mass is 253 g/mol. The van der Waals surface area contributed by atoms with Gasteiger partial charge < -0.3 is 15.2 Å². The molecule has 18 heavy (non-hydrogen) atoms. The summed E-state index contributed by atoms with van der Waals surface area (Å²) >= 11 is 0. The van der Waals surface area contributed by atoms with Crippen LogP contribution in [0.15, 0.2) is 0 Å². The zero-order chi connectivity index (χ0) is 12.7. The van der Waals surface area contributed by atoms with Crippen molar-refractivity contribution in [3.8, 4) is 0 Å². The van der Waals surface area contributed by atoms with E-state index in [1.165, 1.54) is 19.3 Å². The molecule has 1 aliphatic heterocycles. The lowest BCUT2D eigenvalue weighted by atomic mass is 9.95. The molecular weight excluding hydrogens is 234 g/mol. The summed E-state index contributed by atoms with van der Waals surface area (Å²) in [5, 5.41) is 11.9. The summed E-state index contributed by atoms with van der Waals surface area (Å²) in [7, 11) is 0. The number of carbonyl (C=O) groups is 2. The van der Waals surface area contributed by atoms with Gasteiger partial charge in [0.15, 0.2) is 6.10 Å². The first-order chi connectivity index (χ1) is 8.63. The van der Waals surface area contributed by atoms with Crippen molar-refractivity contribution in [3.63, 3.8) is 0 Å². The molecule has 2 saturated carbocycles. The van der Waals surface area contributed by atoms with Gasteiger partial charge in [-0.1, -0.05) is 6.42 Å². The second-order valence-electron chi connectivity index (χ2n) is 5.82. The number of nitrogens with one attached hydrogen (secondary N) is 1. The maximum Gasteiger partial charge on any atom is 0.332 e. The van der Waals surface area contributed by atoms with Crippen LogP contribution in [0.1, 0.15) is 38.5 Å². The topological polar surface area (TPSA) is 75.6 Å². The molecule has 5 nitrogen and oxygen atoms in total. The Morgan fingerprint density at radius 2 is 1.83 bits per heavy atom. The molecule has 100 valence electrons. The van der Waals surface area contributed by atoms with Gasteiger partial charge in [0.2, 0.25) is 5.91 Å². The molecule has 0 radical (unpaired) electrons. The first kappa shape index (κ1) is 12.0. The minimum Gasteiger partial charge on any atom is -0.479 e. The van der Waals surface area contributed by atoms with Crippen LogP contribution in [0.2, 0.25) is 0 Å². The van der Waals surface area contributed by atoms with Gasteiger partial charge in [-0.25, -0.2) is 4.79 Å². The summed E-state index contributed by atoms with van der Waals surface area (Å²) in [5.41, 5.74) is 0. The average Bonchev–Trinajstić information content (AvgIpc) is 3.04. The van der Waals surface area contributed by atoms with Crippen LogP contribution in [0.3, 0.4) is 0 Å². The summed E-state index contributed by atoms with van der Waals surface area (Å²) in [6, 6.07) is 0.295. The maximum atomic E-state index is 12.0.